The first-order chi connectivity index (χ1) is 9.61. The molecule has 20 heavy (non-hydrogen) atoms. The zero-order chi connectivity index (χ0) is 14.5. The van der Waals surface area contributed by atoms with Gasteiger partial charge in [-0.2, -0.15) is 0 Å². The van der Waals surface area contributed by atoms with Crippen molar-refractivity contribution in [2.75, 3.05) is 17.7 Å². The van der Waals surface area contributed by atoms with E-state index in [2.05, 4.69) is 10.6 Å². The minimum atomic E-state index is -0.445. The van der Waals surface area contributed by atoms with E-state index in [4.69, 9.17) is 0 Å². The maximum Gasteiger partial charge on any atom is 0.315 e. The van der Waals surface area contributed by atoms with Gasteiger partial charge in [0.05, 0.1) is 4.92 Å². The van der Waals surface area contributed by atoms with E-state index in [9.17, 15) is 14.5 Å². The molecule has 2 aromatic rings. The van der Waals surface area contributed by atoms with Crippen LogP contribution in [0.4, 0.5) is 21.5 Å². The van der Waals surface area contributed by atoms with Gasteiger partial charge in [0.25, 0.3) is 0 Å². The molecule has 0 heterocycles. The fourth-order valence-corrected chi connectivity index (χ4v) is 1.93. The molecule has 0 radical (unpaired) electrons. The van der Waals surface area contributed by atoms with Crippen LogP contribution in [-0.2, 0) is 6.54 Å². The number of anilines is 2. The Morgan fingerprint density at radius 3 is 2.55 bits per heavy atom. The Hall–Kier alpha value is -2.63. The molecule has 0 aliphatic rings. The number of hydrogen-bond donors (Lipinski definition) is 2. The minimum absolute atomic E-state index is 0.0218. The summed E-state index contributed by atoms with van der Waals surface area (Å²) in [7, 11) is 1.62. The van der Waals surface area contributed by atoms with Gasteiger partial charge in [-0.15, -0.1) is 0 Å². The predicted molar refractivity (Wildman–Crippen MR) is 76.4 cm³/mol. The van der Waals surface area contributed by atoms with Crippen LogP contribution in [0, 0.1) is 15.9 Å². The summed E-state index contributed by atoms with van der Waals surface area (Å²) in [6, 6.07) is 11.1. The average molecular weight is 275 g/mol. The fourth-order valence-electron chi connectivity index (χ4n) is 1.93. The van der Waals surface area contributed by atoms with Gasteiger partial charge in [0.15, 0.2) is 0 Å². The number of halogens is 1. The van der Waals surface area contributed by atoms with Crippen LogP contribution in [-0.4, -0.2) is 12.0 Å². The van der Waals surface area contributed by atoms with Gasteiger partial charge in [-0.05, 0) is 29.8 Å². The summed E-state index contributed by atoms with van der Waals surface area (Å²) in [4.78, 5) is 10.7. The molecule has 0 atom stereocenters. The Kier molecular flexibility index (Phi) is 4.14. The number of nitrogens with zero attached hydrogens (tertiary/aromatic N) is 1. The van der Waals surface area contributed by atoms with Gasteiger partial charge in [0.1, 0.15) is 17.2 Å². The molecule has 5 nitrogen and oxygen atoms in total. The smallest absolute Gasteiger partial charge is 0.315 e. The average Bonchev–Trinajstić information content (AvgIpc) is 2.44. The first-order valence-electron chi connectivity index (χ1n) is 6.05. The molecule has 0 aliphatic heterocycles. The second-order valence-corrected chi connectivity index (χ2v) is 4.19. The van der Waals surface area contributed by atoms with Crippen LogP contribution < -0.4 is 10.6 Å². The van der Waals surface area contributed by atoms with E-state index in [1.807, 2.05) is 0 Å². The lowest BCUT2D eigenvalue weighted by atomic mass is 10.2. The summed E-state index contributed by atoms with van der Waals surface area (Å²) in [5, 5.41) is 16.9. The summed E-state index contributed by atoms with van der Waals surface area (Å²) in [5.74, 6) is -0.331. The zero-order valence-corrected chi connectivity index (χ0v) is 10.9. The third kappa shape index (κ3) is 3.03. The van der Waals surface area contributed by atoms with Crippen LogP contribution >= 0.6 is 0 Å². The van der Waals surface area contributed by atoms with E-state index in [-0.39, 0.29) is 11.5 Å². The molecule has 0 saturated heterocycles. The third-order valence-corrected chi connectivity index (χ3v) is 2.86. The molecule has 2 N–H and O–H groups in total. The number of rotatable bonds is 5. The lowest BCUT2D eigenvalue weighted by molar-refractivity contribution is -0.383. The molecule has 0 saturated carbocycles. The Labute approximate surface area is 115 Å². The second kappa shape index (κ2) is 6.01. The summed E-state index contributed by atoms with van der Waals surface area (Å²) < 4.78 is 13.1. The van der Waals surface area contributed by atoms with Gasteiger partial charge >= 0.3 is 5.69 Å². The van der Waals surface area contributed by atoms with Crippen molar-refractivity contribution in [3.63, 3.8) is 0 Å². The first-order valence-corrected chi connectivity index (χ1v) is 6.05. The Morgan fingerprint density at radius 2 is 1.90 bits per heavy atom. The van der Waals surface area contributed by atoms with Crippen molar-refractivity contribution < 1.29 is 9.31 Å². The maximum absolute atomic E-state index is 13.1. The Balaban J connectivity index is 2.23. The molecule has 0 aromatic heterocycles. The van der Waals surface area contributed by atoms with Crippen molar-refractivity contribution in [2.24, 2.45) is 0 Å². The SMILES string of the molecule is CNc1cccc(NCc2cccc(F)c2)c1[N+](=O)[O-]. The topological polar surface area (TPSA) is 67.2 Å². The van der Waals surface area contributed by atoms with Gasteiger partial charge in [-0.3, -0.25) is 10.1 Å². The maximum atomic E-state index is 13.1. The van der Waals surface area contributed by atoms with Crippen molar-refractivity contribution in [1.82, 2.24) is 0 Å². The Morgan fingerprint density at radius 1 is 1.20 bits per heavy atom. The highest BCUT2D eigenvalue weighted by Gasteiger charge is 2.18. The summed E-state index contributed by atoms with van der Waals surface area (Å²) in [6.07, 6.45) is 0. The molecule has 2 aromatic carbocycles. The van der Waals surface area contributed by atoms with E-state index < -0.39 is 4.92 Å². The fraction of sp³-hybridized carbons (Fsp3) is 0.143. The molecule has 2 rings (SSSR count). The standard InChI is InChI=1S/C14H14FN3O2/c1-16-12-6-3-7-13(14(12)18(19)20)17-9-10-4-2-5-11(15)8-10/h2-8,16-17H,9H2,1H3. The van der Waals surface area contributed by atoms with Crippen molar-refractivity contribution in [1.29, 1.82) is 0 Å². The molecule has 0 fully saturated rings. The number of hydrogen-bond acceptors (Lipinski definition) is 4. The van der Waals surface area contributed by atoms with Gasteiger partial charge < -0.3 is 10.6 Å². The monoisotopic (exact) mass is 275 g/mol. The zero-order valence-electron chi connectivity index (χ0n) is 10.9. The molecule has 0 bridgehead atoms. The number of benzene rings is 2. The number of nitro groups is 1. The van der Waals surface area contributed by atoms with Gasteiger partial charge in [0.2, 0.25) is 0 Å². The van der Waals surface area contributed by atoms with Gasteiger partial charge in [-0.1, -0.05) is 18.2 Å². The molecule has 0 aliphatic carbocycles. The molecule has 0 amide bonds. The number of para-hydroxylation sites is 1. The lowest BCUT2D eigenvalue weighted by Gasteiger charge is -2.10. The van der Waals surface area contributed by atoms with Crippen molar-refractivity contribution in [3.8, 4) is 0 Å². The molecular formula is C14H14FN3O2. The molecule has 0 unspecified atom stereocenters. The summed E-state index contributed by atoms with van der Waals surface area (Å²) in [6.45, 7) is 0.311. The predicted octanol–water partition coefficient (Wildman–Crippen LogP) is 3.39. The van der Waals surface area contributed by atoms with Crippen LogP contribution in [0.1, 0.15) is 5.56 Å². The highest BCUT2D eigenvalue weighted by Crippen LogP contribution is 2.32. The normalized spacial score (nSPS) is 10.1. The minimum Gasteiger partial charge on any atom is -0.382 e. The van der Waals surface area contributed by atoms with Crippen molar-refractivity contribution in [2.45, 2.75) is 6.54 Å². The number of nitro benzene ring substituents is 1. The molecular weight excluding hydrogens is 261 g/mol. The molecule has 104 valence electrons. The number of nitrogens with one attached hydrogen (secondary N) is 2. The van der Waals surface area contributed by atoms with Crippen LogP contribution in [0.5, 0.6) is 0 Å². The van der Waals surface area contributed by atoms with Crippen molar-refractivity contribution >= 4 is 17.1 Å². The highest BCUT2D eigenvalue weighted by atomic mass is 19.1. The van der Waals surface area contributed by atoms with E-state index in [1.165, 1.54) is 12.1 Å². The van der Waals surface area contributed by atoms with Gasteiger partial charge in [0, 0.05) is 13.6 Å². The van der Waals surface area contributed by atoms with E-state index in [0.29, 0.717) is 23.5 Å². The highest BCUT2D eigenvalue weighted by molar-refractivity contribution is 5.76. The Bertz CT molecular complexity index is 632. The lowest BCUT2D eigenvalue weighted by Crippen LogP contribution is -2.05. The van der Waals surface area contributed by atoms with E-state index in [1.54, 1.807) is 37.4 Å². The van der Waals surface area contributed by atoms with Crippen LogP contribution in [0.15, 0.2) is 42.5 Å². The van der Waals surface area contributed by atoms with E-state index >= 15 is 0 Å². The third-order valence-electron chi connectivity index (χ3n) is 2.86. The van der Waals surface area contributed by atoms with Crippen LogP contribution in [0.2, 0.25) is 0 Å². The largest absolute Gasteiger partial charge is 0.382 e. The van der Waals surface area contributed by atoms with Crippen molar-refractivity contribution in [3.05, 3.63) is 64.0 Å². The quantitative estimate of drug-likeness (QED) is 0.648. The van der Waals surface area contributed by atoms with E-state index in [0.717, 1.165) is 0 Å². The van der Waals surface area contributed by atoms with Crippen LogP contribution in [0.25, 0.3) is 0 Å². The summed E-state index contributed by atoms with van der Waals surface area (Å²) >= 11 is 0. The first kappa shape index (κ1) is 13.8. The molecule has 6 heteroatoms. The van der Waals surface area contributed by atoms with Gasteiger partial charge in [-0.25, -0.2) is 4.39 Å². The second-order valence-electron chi connectivity index (χ2n) is 4.19. The van der Waals surface area contributed by atoms with Crippen LogP contribution in [0.3, 0.4) is 0 Å². The summed E-state index contributed by atoms with van der Waals surface area (Å²) in [5.41, 5.74) is 1.52. The molecule has 0 spiro atoms.